The number of hydrogen-bond acceptors (Lipinski definition) is 3. The summed E-state index contributed by atoms with van der Waals surface area (Å²) in [6.07, 6.45) is 2.02. The molecule has 3 N–H and O–H groups in total. The molecule has 1 aromatic carbocycles. The highest BCUT2D eigenvalue weighted by atomic mass is 19.1. The lowest BCUT2D eigenvalue weighted by molar-refractivity contribution is 0.0912. The van der Waals surface area contributed by atoms with Crippen LogP contribution in [0, 0.1) is 12.7 Å². The molecule has 0 bridgehead atoms. The molecular weight excluding hydrogens is 245 g/mol. The Bertz CT molecular complexity index is 467. The van der Waals surface area contributed by atoms with Gasteiger partial charge in [-0.3, -0.25) is 4.79 Å². The van der Waals surface area contributed by atoms with Crippen LogP contribution in [0.3, 0.4) is 0 Å². The lowest BCUT2D eigenvalue weighted by Crippen LogP contribution is -2.46. The summed E-state index contributed by atoms with van der Waals surface area (Å²) in [7, 11) is 2.03. The molecule has 1 fully saturated rings. The zero-order chi connectivity index (χ0) is 14.0. The lowest BCUT2D eigenvalue weighted by Gasteiger charge is -2.30. The quantitative estimate of drug-likeness (QED) is 0.797. The topological polar surface area (TPSA) is 58.4 Å². The molecule has 0 aliphatic carbocycles. The number of halogens is 1. The number of nitrogens with two attached hydrogens (primary N) is 1. The van der Waals surface area contributed by atoms with Crippen molar-refractivity contribution < 1.29 is 9.18 Å². The average Bonchev–Trinajstić information content (AvgIpc) is 2.35. The molecule has 4 nitrogen and oxygen atoms in total. The van der Waals surface area contributed by atoms with E-state index in [-0.39, 0.29) is 17.5 Å². The Morgan fingerprint density at radius 2 is 2.26 bits per heavy atom. The van der Waals surface area contributed by atoms with E-state index in [0.29, 0.717) is 11.3 Å². The van der Waals surface area contributed by atoms with Crippen LogP contribution < -0.4 is 11.1 Å². The second-order valence-electron chi connectivity index (χ2n) is 5.25. The van der Waals surface area contributed by atoms with Gasteiger partial charge in [-0.1, -0.05) is 0 Å². The smallest absolute Gasteiger partial charge is 0.251 e. The molecule has 0 radical (unpaired) electrons. The summed E-state index contributed by atoms with van der Waals surface area (Å²) >= 11 is 0. The zero-order valence-electron chi connectivity index (χ0n) is 11.4. The van der Waals surface area contributed by atoms with Crippen LogP contribution in [0.2, 0.25) is 0 Å². The van der Waals surface area contributed by atoms with E-state index in [9.17, 15) is 9.18 Å². The molecule has 1 aliphatic rings. The first kappa shape index (κ1) is 13.8. The van der Waals surface area contributed by atoms with Gasteiger partial charge in [-0.15, -0.1) is 0 Å². The van der Waals surface area contributed by atoms with Crippen molar-refractivity contribution in [2.24, 2.45) is 0 Å². The van der Waals surface area contributed by atoms with Crippen molar-refractivity contribution >= 4 is 11.6 Å². The highest BCUT2D eigenvalue weighted by molar-refractivity contribution is 5.95. The zero-order valence-corrected chi connectivity index (χ0v) is 11.4. The van der Waals surface area contributed by atoms with E-state index in [0.717, 1.165) is 25.9 Å². The Balaban J connectivity index is 2.07. The molecule has 2 rings (SSSR count). The number of piperidine rings is 1. The monoisotopic (exact) mass is 265 g/mol. The van der Waals surface area contributed by atoms with Gasteiger partial charge < -0.3 is 16.0 Å². The molecule has 1 aliphatic heterocycles. The third-order valence-electron chi connectivity index (χ3n) is 3.61. The van der Waals surface area contributed by atoms with Crippen LogP contribution in [0.4, 0.5) is 10.1 Å². The molecule has 19 heavy (non-hydrogen) atoms. The minimum atomic E-state index is -0.439. The molecule has 0 saturated carbocycles. The number of nitrogens with zero attached hydrogens (tertiary/aromatic N) is 1. The molecule has 0 spiro atoms. The first-order valence-corrected chi connectivity index (χ1v) is 6.52. The van der Waals surface area contributed by atoms with Crippen LogP contribution in [0.1, 0.15) is 28.8 Å². The van der Waals surface area contributed by atoms with Crippen LogP contribution in [0.25, 0.3) is 0 Å². The number of carbonyl (C=O) groups excluding carboxylic acids is 1. The number of hydrogen-bond donors (Lipinski definition) is 2. The predicted molar refractivity (Wildman–Crippen MR) is 73.5 cm³/mol. The average molecular weight is 265 g/mol. The number of amides is 1. The number of nitrogen functional groups attached to an aromatic ring is 1. The van der Waals surface area contributed by atoms with Gasteiger partial charge in [0.2, 0.25) is 0 Å². The van der Waals surface area contributed by atoms with Gasteiger partial charge in [0.25, 0.3) is 5.91 Å². The predicted octanol–water partition coefficient (Wildman–Crippen LogP) is 1.54. The number of likely N-dealkylation sites (tertiary alicyclic amines) is 1. The number of likely N-dealkylation sites (N-methyl/N-ethyl adjacent to an activating group) is 1. The molecule has 1 aromatic rings. The Labute approximate surface area is 112 Å². The lowest BCUT2D eigenvalue weighted by atomic mass is 10.0. The highest BCUT2D eigenvalue weighted by Gasteiger charge is 2.20. The van der Waals surface area contributed by atoms with Crippen molar-refractivity contribution in [2.45, 2.75) is 25.8 Å². The summed E-state index contributed by atoms with van der Waals surface area (Å²) in [6, 6.07) is 2.89. The number of benzene rings is 1. The Morgan fingerprint density at radius 1 is 1.53 bits per heavy atom. The summed E-state index contributed by atoms with van der Waals surface area (Å²) < 4.78 is 13.6. The molecule has 5 heteroatoms. The first-order valence-electron chi connectivity index (χ1n) is 6.52. The fraction of sp³-hybridized carbons (Fsp3) is 0.500. The molecule has 1 atom stereocenters. The standard InChI is InChI=1S/C14H20FN3O/c1-9-12(15)6-10(7-13(9)16)14(19)17-11-4-3-5-18(2)8-11/h6-7,11H,3-5,8,16H2,1-2H3,(H,17,19). The molecule has 1 saturated heterocycles. The molecule has 104 valence electrons. The molecular formula is C14H20FN3O. The van der Waals surface area contributed by atoms with Gasteiger partial charge in [0.1, 0.15) is 5.82 Å². The Morgan fingerprint density at radius 3 is 2.89 bits per heavy atom. The van der Waals surface area contributed by atoms with E-state index in [1.165, 1.54) is 12.1 Å². The minimum absolute atomic E-state index is 0.122. The number of carbonyl (C=O) groups is 1. The fourth-order valence-electron chi connectivity index (χ4n) is 2.38. The molecule has 1 unspecified atom stereocenters. The summed E-state index contributed by atoms with van der Waals surface area (Å²) in [4.78, 5) is 14.3. The van der Waals surface area contributed by atoms with Gasteiger partial charge in [-0.2, -0.15) is 0 Å². The van der Waals surface area contributed by atoms with Crippen LogP contribution in [-0.4, -0.2) is 37.0 Å². The normalized spacial score (nSPS) is 20.3. The van der Waals surface area contributed by atoms with Crippen LogP contribution in [0.15, 0.2) is 12.1 Å². The fourth-order valence-corrected chi connectivity index (χ4v) is 2.38. The second-order valence-corrected chi connectivity index (χ2v) is 5.25. The van der Waals surface area contributed by atoms with E-state index >= 15 is 0 Å². The van der Waals surface area contributed by atoms with Gasteiger partial charge in [-0.05, 0) is 45.5 Å². The summed E-state index contributed by atoms with van der Waals surface area (Å²) in [5.41, 5.74) is 6.67. The van der Waals surface area contributed by atoms with Crippen LogP contribution >= 0.6 is 0 Å². The largest absolute Gasteiger partial charge is 0.398 e. The van der Waals surface area contributed by atoms with E-state index in [1.54, 1.807) is 6.92 Å². The Hall–Kier alpha value is -1.62. The molecule has 0 aromatic heterocycles. The van der Waals surface area contributed by atoms with Gasteiger partial charge >= 0.3 is 0 Å². The van der Waals surface area contributed by atoms with Gasteiger partial charge in [0.05, 0.1) is 0 Å². The van der Waals surface area contributed by atoms with Crippen molar-refractivity contribution in [3.05, 3.63) is 29.1 Å². The van der Waals surface area contributed by atoms with E-state index in [4.69, 9.17) is 5.73 Å². The summed E-state index contributed by atoms with van der Waals surface area (Å²) in [5.74, 6) is -0.697. The van der Waals surface area contributed by atoms with E-state index in [1.807, 2.05) is 7.05 Å². The summed E-state index contributed by atoms with van der Waals surface area (Å²) in [6.45, 7) is 3.48. The second kappa shape index (κ2) is 5.57. The van der Waals surface area contributed by atoms with Crippen molar-refractivity contribution in [3.8, 4) is 0 Å². The van der Waals surface area contributed by atoms with Crippen molar-refractivity contribution in [1.82, 2.24) is 10.2 Å². The van der Waals surface area contributed by atoms with Crippen molar-refractivity contribution in [3.63, 3.8) is 0 Å². The Kier molecular flexibility index (Phi) is 4.04. The summed E-state index contributed by atoms with van der Waals surface area (Å²) in [5, 5.41) is 2.94. The van der Waals surface area contributed by atoms with Crippen LogP contribution in [-0.2, 0) is 0 Å². The van der Waals surface area contributed by atoms with Crippen molar-refractivity contribution in [2.75, 3.05) is 25.9 Å². The SMILES string of the molecule is Cc1c(N)cc(C(=O)NC2CCCN(C)C2)cc1F. The van der Waals surface area contributed by atoms with Gasteiger partial charge in [0, 0.05) is 29.4 Å². The maximum atomic E-state index is 13.6. The minimum Gasteiger partial charge on any atom is -0.398 e. The van der Waals surface area contributed by atoms with Gasteiger partial charge in [0.15, 0.2) is 0 Å². The number of rotatable bonds is 2. The third kappa shape index (κ3) is 3.23. The molecule has 1 amide bonds. The third-order valence-corrected chi connectivity index (χ3v) is 3.61. The van der Waals surface area contributed by atoms with E-state index < -0.39 is 5.82 Å². The molecule has 1 heterocycles. The highest BCUT2D eigenvalue weighted by Crippen LogP contribution is 2.18. The van der Waals surface area contributed by atoms with Crippen molar-refractivity contribution in [1.29, 1.82) is 0 Å². The number of nitrogens with one attached hydrogen (secondary N) is 1. The number of anilines is 1. The van der Waals surface area contributed by atoms with Crippen LogP contribution in [0.5, 0.6) is 0 Å². The maximum absolute atomic E-state index is 13.6. The van der Waals surface area contributed by atoms with Gasteiger partial charge in [-0.25, -0.2) is 4.39 Å². The maximum Gasteiger partial charge on any atom is 0.251 e. The first-order chi connectivity index (χ1) is 8.97. The van der Waals surface area contributed by atoms with E-state index in [2.05, 4.69) is 10.2 Å².